The minimum atomic E-state index is -1.43. The topological polar surface area (TPSA) is 126 Å². The molecule has 0 bridgehead atoms. The molecule has 1 saturated heterocycles. The summed E-state index contributed by atoms with van der Waals surface area (Å²) in [7, 11) is -1.43. The molecule has 6 rings (SSSR count). The van der Waals surface area contributed by atoms with Crippen LogP contribution in [0.5, 0.6) is 0 Å². The monoisotopic (exact) mass is 628 g/mol. The number of nitrogens with zero attached hydrogens (tertiary/aromatic N) is 1. The van der Waals surface area contributed by atoms with Crippen LogP contribution in [0, 0.1) is 13.8 Å². The summed E-state index contributed by atoms with van der Waals surface area (Å²) in [6.45, 7) is 5.56. The molecule has 0 radical (unpaired) electrons. The average Bonchev–Trinajstić information content (AvgIpc) is 3.45. The van der Waals surface area contributed by atoms with E-state index in [1.807, 2.05) is 18.7 Å². The Morgan fingerprint density at radius 1 is 1.12 bits per heavy atom. The number of carbonyl (C=O) groups is 2. The molecule has 8 nitrogen and oxygen atoms in total. The highest BCUT2D eigenvalue weighted by molar-refractivity contribution is 7.84. The van der Waals surface area contributed by atoms with Gasteiger partial charge in [-0.15, -0.1) is 0 Å². The van der Waals surface area contributed by atoms with E-state index in [-0.39, 0.29) is 23.0 Å². The van der Waals surface area contributed by atoms with Crippen LogP contribution in [-0.4, -0.2) is 56.6 Å². The van der Waals surface area contributed by atoms with Crippen LogP contribution in [0.25, 0.3) is 11.6 Å². The Morgan fingerprint density at radius 3 is 2.52 bits per heavy atom. The number of rotatable bonds is 8. The standard InChI is InChI=1S/C31H32Cl2N4O3S.H2O/c1-17-28(35-18(2)29(17)31(39)37(20-8-9-20)15-19-5-4-12-34-19)14-23-22-13-21(10-11-27(22)36-30(23)38)41(40)16-24-25(32)6-3-7-26(24)33;/h3,6-7,10-11,13-14,19-20,34-35H,4-5,8-9,12,15-16H2,1-2H3,(H,36,38);1H2/b23-14-;/t19-,41?;/m1./s1. The van der Waals surface area contributed by atoms with E-state index in [0.29, 0.717) is 60.7 Å². The number of hydrogen-bond donors (Lipinski definition) is 3. The van der Waals surface area contributed by atoms with Crippen molar-refractivity contribution in [2.75, 3.05) is 18.4 Å². The molecule has 3 aromatic rings. The van der Waals surface area contributed by atoms with Gasteiger partial charge in [0.2, 0.25) is 0 Å². The molecular weight excluding hydrogens is 595 g/mol. The zero-order valence-electron chi connectivity index (χ0n) is 23.5. The van der Waals surface area contributed by atoms with Gasteiger partial charge in [-0.1, -0.05) is 29.3 Å². The van der Waals surface area contributed by atoms with Crippen LogP contribution in [0.15, 0.2) is 41.3 Å². The summed E-state index contributed by atoms with van der Waals surface area (Å²) in [5, 5.41) is 7.35. The quantitative estimate of drug-likeness (QED) is 0.294. The number of amides is 2. The van der Waals surface area contributed by atoms with Crippen LogP contribution in [0.4, 0.5) is 5.69 Å². The van der Waals surface area contributed by atoms with E-state index in [1.54, 1.807) is 42.5 Å². The first-order chi connectivity index (χ1) is 19.7. The predicted molar refractivity (Wildman–Crippen MR) is 168 cm³/mol. The number of nitrogens with one attached hydrogen (secondary N) is 3. The Labute approximate surface area is 257 Å². The largest absolute Gasteiger partial charge is 0.412 e. The van der Waals surface area contributed by atoms with E-state index in [9.17, 15) is 13.8 Å². The van der Waals surface area contributed by atoms with Crippen LogP contribution >= 0.6 is 23.2 Å². The summed E-state index contributed by atoms with van der Waals surface area (Å²) < 4.78 is 13.3. The van der Waals surface area contributed by atoms with Crippen molar-refractivity contribution in [2.24, 2.45) is 0 Å². The van der Waals surface area contributed by atoms with E-state index < -0.39 is 10.8 Å². The van der Waals surface area contributed by atoms with Gasteiger partial charge in [-0.05, 0) is 88.0 Å². The zero-order chi connectivity index (χ0) is 28.8. The highest BCUT2D eigenvalue weighted by Crippen LogP contribution is 2.37. The molecule has 42 heavy (non-hydrogen) atoms. The van der Waals surface area contributed by atoms with Gasteiger partial charge in [0.1, 0.15) is 0 Å². The molecule has 3 heterocycles. The van der Waals surface area contributed by atoms with Gasteiger partial charge in [-0.3, -0.25) is 13.8 Å². The van der Waals surface area contributed by atoms with Gasteiger partial charge in [0.05, 0.1) is 27.7 Å². The number of halogens is 2. The highest BCUT2D eigenvalue weighted by atomic mass is 35.5. The smallest absolute Gasteiger partial charge is 0.256 e. The third kappa shape index (κ3) is 5.94. The molecule has 2 fully saturated rings. The SMILES string of the molecule is Cc1[nH]c(/C=C2\C(=O)Nc3ccc(S(=O)Cc4c(Cl)cccc4Cl)cc32)c(C)c1C(=O)N(C[C@H]1CCCN1)C1CC1.O. The molecule has 1 unspecified atom stereocenters. The van der Waals surface area contributed by atoms with Gasteiger partial charge in [0.15, 0.2) is 0 Å². The van der Waals surface area contributed by atoms with Crippen LogP contribution < -0.4 is 10.6 Å². The van der Waals surface area contributed by atoms with Crippen molar-refractivity contribution in [3.05, 3.63) is 80.1 Å². The molecular formula is C31H34Cl2N4O4S. The molecule has 2 aliphatic heterocycles. The van der Waals surface area contributed by atoms with E-state index in [1.165, 1.54) is 0 Å². The molecule has 3 aliphatic rings. The van der Waals surface area contributed by atoms with Crippen LogP contribution in [0.2, 0.25) is 10.0 Å². The molecule has 1 saturated carbocycles. The number of benzene rings is 2. The van der Waals surface area contributed by atoms with Gasteiger partial charge in [-0.25, -0.2) is 0 Å². The van der Waals surface area contributed by atoms with Crippen LogP contribution in [0.1, 0.15) is 64.1 Å². The number of H-pyrrole nitrogens is 1. The summed E-state index contributed by atoms with van der Waals surface area (Å²) in [6, 6.07) is 11.1. The fourth-order valence-corrected chi connectivity index (χ4v) is 7.70. The number of aryl methyl sites for hydroxylation is 1. The molecule has 2 atom stereocenters. The Hall–Kier alpha value is -2.95. The lowest BCUT2D eigenvalue weighted by Gasteiger charge is -2.26. The fraction of sp³-hybridized carbons (Fsp3) is 0.355. The van der Waals surface area contributed by atoms with Crippen molar-refractivity contribution in [2.45, 2.75) is 62.3 Å². The number of fused-ring (bicyclic) bond motifs is 1. The Balaban J connectivity index is 0.00000353. The third-order valence-corrected chi connectivity index (χ3v) is 10.2. The van der Waals surface area contributed by atoms with Crippen LogP contribution in [-0.2, 0) is 21.3 Å². The molecule has 5 N–H and O–H groups in total. The lowest BCUT2D eigenvalue weighted by atomic mass is 10.0. The molecule has 1 aromatic heterocycles. The molecule has 0 spiro atoms. The summed E-state index contributed by atoms with van der Waals surface area (Å²) in [5.41, 5.74) is 5.38. The van der Waals surface area contributed by atoms with E-state index >= 15 is 0 Å². The second kappa shape index (κ2) is 12.3. The van der Waals surface area contributed by atoms with Gasteiger partial charge in [0, 0.05) is 61.8 Å². The maximum atomic E-state index is 13.8. The number of aromatic amines is 1. The number of aromatic nitrogens is 1. The normalized spacial score (nSPS) is 19.4. The van der Waals surface area contributed by atoms with Crippen molar-refractivity contribution < 1.29 is 19.3 Å². The second-order valence-electron chi connectivity index (χ2n) is 11.1. The molecule has 2 aromatic carbocycles. The third-order valence-electron chi connectivity index (χ3n) is 8.18. The maximum absolute atomic E-state index is 13.8. The van der Waals surface area contributed by atoms with Crippen molar-refractivity contribution in [3.8, 4) is 0 Å². The lowest BCUT2D eigenvalue weighted by Crippen LogP contribution is -2.42. The molecule has 2 amide bonds. The second-order valence-corrected chi connectivity index (χ2v) is 13.3. The first-order valence-electron chi connectivity index (χ1n) is 13.9. The summed E-state index contributed by atoms with van der Waals surface area (Å²) in [5.74, 6) is -0.0424. The number of anilines is 1. The van der Waals surface area contributed by atoms with Gasteiger partial charge in [-0.2, -0.15) is 0 Å². The van der Waals surface area contributed by atoms with E-state index in [2.05, 4.69) is 15.6 Å². The van der Waals surface area contributed by atoms with Crippen molar-refractivity contribution >= 4 is 63.2 Å². The minimum absolute atomic E-state index is 0. The average molecular weight is 630 g/mol. The number of carbonyl (C=O) groups excluding carboxylic acids is 2. The minimum Gasteiger partial charge on any atom is -0.412 e. The van der Waals surface area contributed by atoms with Crippen molar-refractivity contribution in [3.63, 3.8) is 0 Å². The van der Waals surface area contributed by atoms with Crippen molar-refractivity contribution in [1.82, 2.24) is 15.2 Å². The predicted octanol–water partition coefficient (Wildman–Crippen LogP) is 5.27. The summed E-state index contributed by atoms with van der Waals surface area (Å²) in [4.78, 5) is 32.8. The summed E-state index contributed by atoms with van der Waals surface area (Å²) in [6.07, 6.45) is 6.11. The Kier molecular flexibility index (Phi) is 8.97. The van der Waals surface area contributed by atoms with Gasteiger partial charge >= 0.3 is 0 Å². The van der Waals surface area contributed by atoms with E-state index in [0.717, 1.165) is 50.0 Å². The highest BCUT2D eigenvalue weighted by Gasteiger charge is 2.37. The first kappa shape index (κ1) is 30.5. The van der Waals surface area contributed by atoms with Crippen molar-refractivity contribution in [1.29, 1.82) is 0 Å². The van der Waals surface area contributed by atoms with Crippen LogP contribution in [0.3, 0.4) is 0 Å². The zero-order valence-corrected chi connectivity index (χ0v) is 25.8. The molecule has 222 valence electrons. The fourth-order valence-electron chi connectivity index (χ4n) is 5.80. The van der Waals surface area contributed by atoms with Gasteiger partial charge < -0.3 is 26.0 Å². The van der Waals surface area contributed by atoms with E-state index in [4.69, 9.17) is 23.2 Å². The maximum Gasteiger partial charge on any atom is 0.256 e. The van der Waals surface area contributed by atoms with Gasteiger partial charge in [0.25, 0.3) is 11.8 Å². The number of hydrogen-bond acceptors (Lipinski definition) is 4. The summed E-state index contributed by atoms with van der Waals surface area (Å²) >= 11 is 12.6. The first-order valence-corrected chi connectivity index (χ1v) is 16.0. The lowest BCUT2D eigenvalue weighted by molar-refractivity contribution is -0.110. The Morgan fingerprint density at radius 2 is 1.86 bits per heavy atom. The Bertz CT molecular complexity index is 1590. The molecule has 1 aliphatic carbocycles. The molecule has 11 heteroatoms.